The maximum Gasteiger partial charge on any atom is 0.293 e. The van der Waals surface area contributed by atoms with E-state index >= 15 is 0 Å². The lowest BCUT2D eigenvalue weighted by Gasteiger charge is -2.44. The third-order valence-electron chi connectivity index (χ3n) is 3.78. The van der Waals surface area contributed by atoms with Crippen LogP contribution in [0.15, 0.2) is 27.6 Å². The Morgan fingerprint density at radius 2 is 2.09 bits per heavy atom. The van der Waals surface area contributed by atoms with Crippen LogP contribution in [0.4, 0.5) is 8.78 Å². The van der Waals surface area contributed by atoms with Gasteiger partial charge in [-0.3, -0.25) is 0 Å². The molecular formula is C15H20BrF2NO2S2. The van der Waals surface area contributed by atoms with Crippen molar-refractivity contribution in [2.75, 3.05) is 12.4 Å². The average molecular weight is 428 g/mol. The Balaban J connectivity index is 2.62. The summed E-state index contributed by atoms with van der Waals surface area (Å²) in [5.74, 6) is -2.98. The Kier molecular flexibility index (Phi) is 5.63. The number of hydrogen-bond acceptors (Lipinski definition) is 3. The van der Waals surface area contributed by atoms with E-state index in [1.807, 2.05) is 0 Å². The number of fused-ring (bicyclic) bond motifs is 1. The van der Waals surface area contributed by atoms with Crippen LogP contribution < -0.4 is 4.72 Å². The van der Waals surface area contributed by atoms with Gasteiger partial charge in [-0.05, 0) is 51.0 Å². The lowest BCUT2D eigenvalue weighted by atomic mass is 9.82. The maximum atomic E-state index is 14.8. The predicted molar refractivity (Wildman–Crippen MR) is 94.2 cm³/mol. The second-order valence-corrected chi connectivity index (χ2v) is 10.5. The molecule has 0 bridgehead atoms. The first kappa shape index (κ1) is 19.3. The molecule has 8 heteroatoms. The zero-order chi connectivity index (χ0) is 17.5. The van der Waals surface area contributed by atoms with Crippen molar-refractivity contribution >= 4 is 38.7 Å². The van der Waals surface area contributed by atoms with Crippen LogP contribution in [0.25, 0.3) is 0 Å². The minimum Gasteiger partial charge on any atom is -0.390 e. The van der Waals surface area contributed by atoms with E-state index in [0.717, 1.165) is 0 Å². The first-order chi connectivity index (χ1) is 10.5. The first-order valence-electron chi connectivity index (χ1n) is 7.15. The Hall–Kier alpha value is -0.0200. The quantitative estimate of drug-likeness (QED) is 0.767. The van der Waals surface area contributed by atoms with Crippen molar-refractivity contribution < 1.29 is 18.1 Å². The second-order valence-electron chi connectivity index (χ2n) is 6.49. The van der Waals surface area contributed by atoms with Crippen molar-refractivity contribution in [2.45, 2.75) is 48.3 Å². The number of rotatable bonds is 4. The molecule has 1 aromatic rings. The van der Waals surface area contributed by atoms with Gasteiger partial charge in [-0.25, -0.2) is 17.7 Å². The van der Waals surface area contributed by atoms with Crippen LogP contribution in [0.1, 0.15) is 32.8 Å². The fourth-order valence-electron chi connectivity index (χ4n) is 2.42. The fraction of sp³-hybridized carbons (Fsp3) is 0.600. The first-order valence-corrected chi connectivity index (χ1v) is 10.1. The highest BCUT2D eigenvalue weighted by molar-refractivity contribution is 9.10. The summed E-state index contributed by atoms with van der Waals surface area (Å²) in [4.78, 5) is 0.714. The van der Waals surface area contributed by atoms with Crippen molar-refractivity contribution in [2.24, 2.45) is 0 Å². The highest BCUT2D eigenvalue weighted by atomic mass is 79.9. The number of hydrogen-bond donors (Lipinski definition) is 2. The van der Waals surface area contributed by atoms with Gasteiger partial charge in [0, 0.05) is 15.1 Å². The predicted octanol–water partition coefficient (Wildman–Crippen LogP) is 3.82. The summed E-state index contributed by atoms with van der Waals surface area (Å²) in [5, 5.41) is 9.31. The van der Waals surface area contributed by atoms with Crippen LogP contribution in [0, 0.1) is 0 Å². The van der Waals surface area contributed by atoms with Crippen LogP contribution in [-0.2, 0) is 16.5 Å². The summed E-state index contributed by atoms with van der Waals surface area (Å²) in [6.07, 6.45) is 0.0799. The summed E-state index contributed by atoms with van der Waals surface area (Å²) in [6.45, 7) is 3.86. The van der Waals surface area contributed by atoms with E-state index in [2.05, 4.69) is 20.7 Å². The van der Waals surface area contributed by atoms with Gasteiger partial charge in [0.25, 0.3) is 5.92 Å². The third-order valence-corrected chi connectivity index (χ3v) is 7.00. The van der Waals surface area contributed by atoms with E-state index in [-0.39, 0.29) is 6.42 Å². The molecule has 1 aliphatic rings. The van der Waals surface area contributed by atoms with E-state index < -0.39 is 33.8 Å². The molecule has 0 aliphatic carbocycles. The smallest absolute Gasteiger partial charge is 0.293 e. The monoisotopic (exact) mass is 427 g/mol. The lowest BCUT2D eigenvalue weighted by molar-refractivity contribution is -0.122. The molecule has 0 saturated carbocycles. The molecule has 1 aromatic carbocycles. The normalized spacial score (nSPS) is 23.4. The molecule has 23 heavy (non-hydrogen) atoms. The molecule has 0 aromatic heterocycles. The van der Waals surface area contributed by atoms with E-state index in [1.165, 1.54) is 11.8 Å². The van der Waals surface area contributed by atoms with Crippen LogP contribution in [0.5, 0.6) is 0 Å². The van der Waals surface area contributed by atoms with Crippen LogP contribution in [0.3, 0.4) is 0 Å². The highest BCUT2D eigenvalue weighted by Gasteiger charge is 2.57. The Bertz CT molecular complexity index is 622. The van der Waals surface area contributed by atoms with Crippen LogP contribution >= 0.6 is 27.7 Å². The molecule has 0 spiro atoms. The van der Waals surface area contributed by atoms with Gasteiger partial charge in [-0.15, -0.1) is 11.8 Å². The van der Waals surface area contributed by atoms with Gasteiger partial charge < -0.3 is 5.11 Å². The Morgan fingerprint density at radius 1 is 1.43 bits per heavy atom. The summed E-state index contributed by atoms with van der Waals surface area (Å²) >= 11 is 4.80. The van der Waals surface area contributed by atoms with Gasteiger partial charge in [-0.1, -0.05) is 15.9 Å². The SMILES string of the molecule is CC(C)(C)[S@@](=O)N[C@]1(C(F)(F)CO)CCSc2ccc(Br)cc21. The number of benzene rings is 1. The molecule has 2 rings (SSSR count). The molecule has 2 N–H and O–H groups in total. The topological polar surface area (TPSA) is 49.3 Å². The Morgan fingerprint density at radius 3 is 2.65 bits per heavy atom. The van der Waals surface area contributed by atoms with Gasteiger partial charge in [0.2, 0.25) is 0 Å². The van der Waals surface area contributed by atoms with Gasteiger partial charge >= 0.3 is 0 Å². The standard InChI is InChI=1S/C15H20BrF2NO2S2/c1-13(2,3)23(21)19-14(15(17,18)9-20)6-7-22-12-5-4-10(16)8-11(12)14/h4-5,8,19-20H,6-7,9H2,1-3H3/t14-,23-/m1/s1. The van der Waals surface area contributed by atoms with Gasteiger partial charge in [0.15, 0.2) is 0 Å². The van der Waals surface area contributed by atoms with Crippen LogP contribution in [0.2, 0.25) is 0 Å². The van der Waals surface area contributed by atoms with Crippen molar-refractivity contribution in [1.29, 1.82) is 0 Å². The number of thioether (sulfide) groups is 1. The molecule has 130 valence electrons. The van der Waals surface area contributed by atoms with Gasteiger partial charge in [0.1, 0.15) is 12.1 Å². The summed E-state index contributed by atoms with van der Waals surface area (Å²) in [5.41, 5.74) is -1.48. The molecule has 2 atom stereocenters. The highest BCUT2D eigenvalue weighted by Crippen LogP contribution is 2.49. The number of alkyl halides is 2. The van der Waals surface area contributed by atoms with Crippen molar-refractivity contribution in [3.8, 4) is 0 Å². The van der Waals surface area contributed by atoms with Gasteiger partial charge in [0.05, 0.1) is 15.7 Å². The van der Waals surface area contributed by atoms with Crippen molar-refractivity contribution in [3.63, 3.8) is 0 Å². The largest absolute Gasteiger partial charge is 0.390 e. The molecular weight excluding hydrogens is 408 g/mol. The van der Waals surface area contributed by atoms with Crippen molar-refractivity contribution in [3.05, 3.63) is 28.2 Å². The third kappa shape index (κ3) is 3.66. The molecule has 0 unspecified atom stereocenters. The lowest BCUT2D eigenvalue weighted by Crippen LogP contribution is -2.61. The molecule has 1 heterocycles. The minimum absolute atomic E-state index is 0.0799. The zero-order valence-corrected chi connectivity index (χ0v) is 16.4. The van der Waals surface area contributed by atoms with Crippen molar-refractivity contribution in [1.82, 2.24) is 4.72 Å². The summed E-state index contributed by atoms with van der Waals surface area (Å²) < 4.78 is 44.8. The molecule has 0 radical (unpaired) electrons. The van der Waals surface area contributed by atoms with E-state index in [0.29, 0.717) is 20.7 Å². The van der Waals surface area contributed by atoms with Gasteiger partial charge in [-0.2, -0.15) is 0 Å². The maximum absolute atomic E-state index is 14.8. The fourth-order valence-corrected chi connectivity index (χ4v) is 4.94. The number of aliphatic hydroxyl groups is 1. The second kappa shape index (κ2) is 6.71. The number of halogens is 3. The zero-order valence-electron chi connectivity index (χ0n) is 13.2. The van der Waals surface area contributed by atoms with E-state index in [4.69, 9.17) is 0 Å². The number of nitrogens with one attached hydrogen (secondary N) is 1. The minimum atomic E-state index is -3.44. The van der Waals surface area contributed by atoms with E-state index in [1.54, 1.807) is 39.0 Å². The van der Waals surface area contributed by atoms with E-state index in [9.17, 15) is 18.1 Å². The Labute approximate surface area is 150 Å². The molecule has 1 aliphatic heterocycles. The van der Waals surface area contributed by atoms with Crippen LogP contribution in [-0.4, -0.2) is 32.3 Å². The number of aliphatic hydroxyl groups excluding tert-OH is 1. The summed E-state index contributed by atoms with van der Waals surface area (Å²) in [7, 11) is -1.70. The average Bonchev–Trinajstić information content (AvgIpc) is 2.46. The molecule has 0 fully saturated rings. The molecule has 0 saturated heterocycles. The molecule has 0 amide bonds. The summed E-state index contributed by atoms with van der Waals surface area (Å²) in [6, 6.07) is 5.19. The molecule has 3 nitrogen and oxygen atoms in total.